The van der Waals surface area contributed by atoms with Crippen LogP contribution in [0, 0.1) is 11.3 Å². The van der Waals surface area contributed by atoms with Gasteiger partial charge in [-0.1, -0.05) is 67.3 Å². The van der Waals surface area contributed by atoms with Gasteiger partial charge < -0.3 is 9.84 Å². The number of benzene rings is 1. The van der Waals surface area contributed by atoms with Gasteiger partial charge >= 0.3 is 0 Å². The number of aromatic nitrogens is 3. The van der Waals surface area contributed by atoms with E-state index in [0.717, 1.165) is 36.1 Å². The third-order valence-electron chi connectivity index (χ3n) is 5.72. The molecule has 0 spiro atoms. The molecule has 0 radical (unpaired) electrons. The summed E-state index contributed by atoms with van der Waals surface area (Å²) in [4.78, 5) is 12.9. The van der Waals surface area contributed by atoms with Gasteiger partial charge in [-0.2, -0.15) is 5.10 Å². The van der Waals surface area contributed by atoms with Gasteiger partial charge in [0.05, 0.1) is 6.54 Å². The van der Waals surface area contributed by atoms with Crippen molar-refractivity contribution in [2.24, 2.45) is 11.3 Å². The van der Waals surface area contributed by atoms with E-state index in [1.165, 1.54) is 0 Å². The molecule has 1 aromatic carbocycles. The number of aryl methyl sites for hydroxylation is 1. The first-order valence-electron chi connectivity index (χ1n) is 9.97. The molecule has 4 rings (SSSR count). The van der Waals surface area contributed by atoms with E-state index in [-0.39, 0.29) is 17.1 Å². The van der Waals surface area contributed by atoms with Gasteiger partial charge in [-0.3, -0.25) is 9.48 Å². The molecule has 3 aromatic rings. The SMILES string of the molecule is CC(C)(C)C1CCc2onc(C(=O)Nc3nn(Cc4ccccc4Cl)cc3Cl)c2C1. The number of nitrogens with one attached hydrogen (secondary N) is 1. The van der Waals surface area contributed by atoms with Crippen molar-refractivity contribution in [3.63, 3.8) is 0 Å². The molecule has 2 heterocycles. The Bertz CT molecular complexity index is 1080. The first kappa shape index (κ1) is 20.9. The van der Waals surface area contributed by atoms with Crippen LogP contribution < -0.4 is 5.32 Å². The van der Waals surface area contributed by atoms with Crippen LogP contribution in [-0.2, 0) is 19.4 Å². The second-order valence-electron chi connectivity index (χ2n) is 8.81. The van der Waals surface area contributed by atoms with Gasteiger partial charge in [0.25, 0.3) is 5.91 Å². The lowest BCUT2D eigenvalue weighted by atomic mass is 9.71. The van der Waals surface area contributed by atoms with E-state index < -0.39 is 0 Å². The number of rotatable bonds is 4. The normalized spacial score (nSPS) is 16.4. The zero-order chi connectivity index (χ0) is 21.5. The van der Waals surface area contributed by atoms with Crippen molar-refractivity contribution in [1.82, 2.24) is 14.9 Å². The molecular formula is C22H24Cl2N4O2. The zero-order valence-electron chi connectivity index (χ0n) is 17.2. The van der Waals surface area contributed by atoms with Crippen LogP contribution in [-0.4, -0.2) is 20.8 Å². The summed E-state index contributed by atoms with van der Waals surface area (Å²) < 4.78 is 7.10. The van der Waals surface area contributed by atoms with Crippen molar-refractivity contribution in [2.45, 2.75) is 46.6 Å². The Kier molecular flexibility index (Phi) is 5.64. The van der Waals surface area contributed by atoms with E-state index in [0.29, 0.717) is 28.2 Å². The Labute approximate surface area is 185 Å². The monoisotopic (exact) mass is 446 g/mol. The third kappa shape index (κ3) is 4.25. The summed E-state index contributed by atoms with van der Waals surface area (Å²) in [7, 11) is 0. The minimum absolute atomic E-state index is 0.156. The molecule has 30 heavy (non-hydrogen) atoms. The van der Waals surface area contributed by atoms with Crippen LogP contribution >= 0.6 is 23.2 Å². The lowest BCUT2D eigenvalue weighted by Crippen LogP contribution is -2.27. The van der Waals surface area contributed by atoms with Crippen LogP contribution in [0.3, 0.4) is 0 Å². The van der Waals surface area contributed by atoms with E-state index in [9.17, 15) is 4.79 Å². The van der Waals surface area contributed by atoms with Gasteiger partial charge in [-0.05, 0) is 35.8 Å². The standard InChI is InChI=1S/C22H24Cl2N4O2/c1-22(2,3)14-8-9-18-15(10-14)19(27-30-18)21(29)25-20-17(24)12-28(26-20)11-13-6-4-5-7-16(13)23/h4-7,12,14H,8-11H2,1-3H3,(H,25,26,29). The Hall–Kier alpha value is -2.31. The first-order chi connectivity index (χ1) is 14.2. The Morgan fingerprint density at radius 1 is 1.27 bits per heavy atom. The number of anilines is 1. The minimum atomic E-state index is -0.362. The number of nitrogens with zero attached hydrogens (tertiary/aromatic N) is 3. The summed E-state index contributed by atoms with van der Waals surface area (Å²) in [6, 6.07) is 7.52. The molecule has 2 aromatic heterocycles. The van der Waals surface area contributed by atoms with Crippen LogP contribution in [0.15, 0.2) is 35.0 Å². The zero-order valence-corrected chi connectivity index (χ0v) is 18.7. The molecule has 0 aliphatic heterocycles. The van der Waals surface area contributed by atoms with Crippen LogP contribution in [0.25, 0.3) is 0 Å². The molecule has 1 aliphatic carbocycles. The van der Waals surface area contributed by atoms with Gasteiger partial charge in [0.1, 0.15) is 10.8 Å². The predicted molar refractivity (Wildman–Crippen MR) is 117 cm³/mol. The van der Waals surface area contributed by atoms with Gasteiger partial charge in [-0.15, -0.1) is 0 Å². The average molecular weight is 447 g/mol. The molecule has 8 heteroatoms. The molecule has 6 nitrogen and oxygen atoms in total. The summed E-state index contributed by atoms with van der Waals surface area (Å²) in [6.45, 7) is 7.12. The molecule has 1 aliphatic rings. The minimum Gasteiger partial charge on any atom is -0.360 e. The smallest absolute Gasteiger partial charge is 0.279 e. The van der Waals surface area contributed by atoms with E-state index >= 15 is 0 Å². The highest BCUT2D eigenvalue weighted by Gasteiger charge is 2.34. The number of hydrogen-bond acceptors (Lipinski definition) is 4. The summed E-state index contributed by atoms with van der Waals surface area (Å²) >= 11 is 12.5. The fourth-order valence-electron chi connectivity index (χ4n) is 3.85. The van der Waals surface area contributed by atoms with E-state index in [1.54, 1.807) is 10.9 Å². The highest BCUT2D eigenvalue weighted by atomic mass is 35.5. The van der Waals surface area contributed by atoms with E-state index in [1.807, 2.05) is 24.3 Å². The molecule has 0 fully saturated rings. The fraction of sp³-hybridized carbons (Fsp3) is 0.409. The highest BCUT2D eigenvalue weighted by Crippen LogP contribution is 2.38. The topological polar surface area (TPSA) is 73.0 Å². The van der Waals surface area contributed by atoms with Crippen LogP contribution in [0.4, 0.5) is 5.82 Å². The number of halogens is 2. The third-order valence-corrected chi connectivity index (χ3v) is 6.36. The molecule has 1 amide bonds. The lowest BCUT2D eigenvalue weighted by molar-refractivity contribution is 0.101. The maximum atomic E-state index is 12.9. The number of fused-ring (bicyclic) bond motifs is 1. The Morgan fingerprint density at radius 3 is 2.77 bits per heavy atom. The van der Waals surface area contributed by atoms with Gasteiger partial charge in [0, 0.05) is 23.2 Å². The van der Waals surface area contributed by atoms with Crippen molar-refractivity contribution in [3.8, 4) is 0 Å². The number of carbonyl (C=O) groups excluding carboxylic acids is 1. The van der Waals surface area contributed by atoms with Gasteiger partial charge in [0.2, 0.25) is 0 Å². The van der Waals surface area contributed by atoms with Gasteiger partial charge in [-0.25, -0.2) is 0 Å². The van der Waals surface area contributed by atoms with E-state index in [2.05, 4.69) is 36.3 Å². The highest BCUT2D eigenvalue weighted by molar-refractivity contribution is 6.33. The summed E-state index contributed by atoms with van der Waals surface area (Å²) in [5.74, 6) is 1.19. The average Bonchev–Trinajstić information content (AvgIpc) is 3.26. The number of carbonyl (C=O) groups is 1. The molecule has 0 saturated heterocycles. The molecule has 1 atom stereocenters. The number of amides is 1. The largest absolute Gasteiger partial charge is 0.360 e. The van der Waals surface area contributed by atoms with Crippen molar-refractivity contribution in [2.75, 3.05) is 5.32 Å². The second-order valence-corrected chi connectivity index (χ2v) is 9.62. The lowest BCUT2D eigenvalue weighted by Gasteiger charge is -2.33. The Balaban J connectivity index is 1.51. The van der Waals surface area contributed by atoms with Crippen LogP contribution in [0.5, 0.6) is 0 Å². The maximum absolute atomic E-state index is 12.9. The quantitative estimate of drug-likeness (QED) is 0.563. The molecule has 1 unspecified atom stereocenters. The van der Waals surface area contributed by atoms with Crippen molar-refractivity contribution in [1.29, 1.82) is 0 Å². The predicted octanol–water partition coefficient (Wildman–Crippen LogP) is 5.63. The Morgan fingerprint density at radius 2 is 2.03 bits per heavy atom. The summed E-state index contributed by atoms with van der Waals surface area (Å²) in [6.07, 6.45) is 4.27. The number of hydrogen-bond donors (Lipinski definition) is 1. The van der Waals surface area contributed by atoms with E-state index in [4.69, 9.17) is 27.7 Å². The fourth-order valence-corrected chi connectivity index (χ4v) is 4.25. The molecule has 0 saturated carbocycles. The van der Waals surface area contributed by atoms with Crippen molar-refractivity contribution < 1.29 is 9.32 Å². The van der Waals surface area contributed by atoms with Crippen molar-refractivity contribution in [3.05, 3.63) is 63.1 Å². The summed E-state index contributed by atoms with van der Waals surface area (Å²) in [5.41, 5.74) is 2.28. The van der Waals surface area contributed by atoms with Crippen molar-refractivity contribution >= 4 is 34.9 Å². The first-order valence-corrected chi connectivity index (χ1v) is 10.7. The molecular weight excluding hydrogens is 423 g/mol. The molecule has 1 N–H and O–H groups in total. The molecule has 0 bridgehead atoms. The summed E-state index contributed by atoms with van der Waals surface area (Å²) in [5, 5.41) is 12.2. The second kappa shape index (κ2) is 8.08. The maximum Gasteiger partial charge on any atom is 0.279 e. The van der Waals surface area contributed by atoms with Crippen LogP contribution in [0.1, 0.15) is 54.6 Å². The molecule has 158 valence electrons. The van der Waals surface area contributed by atoms with Gasteiger partial charge in [0.15, 0.2) is 11.5 Å². The van der Waals surface area contributed by atoms with Crippen LogP contribution in [0.2, 0.25) is 10.0 Å².